The van der Waals surface area contributed by atoms with E-state index < -0.39 is 11.8 Å². The van der Waals surface area contributed by atoms with Crippen molar-refractivity contribution in [1.29, 1.82) is 0 Å². The number of hydrogen-bond acceptors (Lipinski definition) is 2. The van der Waals surface area contributed by atoms with Gasteiger partial charge in [0.25, 0.3) is 0 Å². The van der Waals surface area contributed by atoms with E-state index in [2.05, 4.69) is 6.07 Å². The maximum atomic E-state index is 14.5. The second-order valence-electron chi connectivity index (χ2n) is 6.62. The van der Waals surface area contributed by atoms with Crippen LogP contribution in [-0.4, -0.2) is 16.2 Å². The molecular weight excluding hydrogens is 307 g/mol. The van der Waals surface area contributed by atoms with Gasteiger partial charge >= 0.3 is 5.97 Å². The Balaban J connectivity index is 1.67. The molecule has 2 aliphatic carbocycles. The Hall–Kier alpha value is -2.62. The van der Waals surface area contributed by atoms with Gasteiger partial charge in [-0.15, -0.1) is 0 Å². The van der Waals surface area contributed by atoms with E-state index in [4.69, 9.17) is 5.11 Å². The number of rotatable bonds is 3. The maximum Gasteiger partial charge on any atom is 0.335 e. The highest BCUT2D eigenvalue weighted by Crippen LogP contribution is 2.53. The van der Waals surface area contributed by atoms with Crippen molar-refractivity contribution in [2.45, 2.75) is 31.1 Å². The van der Waals surface area contributed by atoms with Gasteiger partial charge in [-0.3, -0.25) is 0 Å². The van der Waals surface area contributed by atoms with Crippen LogP contribution in [0.3, 0.4) is 0 Å². The molecule has 24 heavy (non-hydrogen) atoms. The fourth-order valence-corrected chi connectivity index (χ4v) is 4.05. The fraction of sp³-hybridized carbons (Fsp3) is 0.250. The number of fused-ring (bicyclic) bond motifs is 5. The molecule has 2 atom stereocenters. The smallest absolute Gasteiger partial charge is 0.335 e. The van der Waals surface area contributed by atoms with Gasteiger partial charge in [-0.1, -0.05) is 18.2 Å². The number of carboxylic acids is 1. The zero-order chi connectivity index (χ0) is 16.8. The van der Waals surface area contributed by atoms with Crippen molar-refractivity contribution < 1.29 is 19.4 Å². The van der Waals surface area contributed by atoms with E-state index in [1.165, 1.54) is 48.6 Å². The highest BCUT2D eigenvalue weighted by Gasteiger charge is 2.36. The summed E-state index contributed by atoms with van der Waals surface area (Å²) in [7, 11) is 0. The van der Waals surface area contributed by atoms with Crippen LogP contribution in [0, 0.1) is 0 Å². The number of carboxylic acid groups (broad SMARTS) is 1. The first kappa shape index (κ1) is 14.9. The van der Waals surface area contributed by atoms with E-state index in [-0.39, 0.29) is 16.9 Å². The minimum absolute atomic E-state index is 0.00187. The van der Waals surface area contributed by atoms with Crippen LogP contribution in [0.5, 0.6) is 5.75 Å². The van der Waals surface area contributed by atoms with Crippen molar-refractivity contribution in [3.63, 3.8) is 0 Å². The molecule has 1 saturated carbocycles. The summed E-state index contributed by atoms with van der Waals surface area (Å²) in [5, 5.41) is 18.8. The number of halogens is 1. The summed E-state index contributed by atoms with van der Waals surface area (Å²) in [6.45, 7) is 0. The van der Waals surface area contributed by atoms with Gasteiger partial charge in [0.15, 0.2) is 0 Å². The summed E-state index contributed by atoms with van der Waals surface area (Å²) in [6, 6.07) is 9.67. The predicted molar refractivity (Wildman–Crippen MR) is 89.8 cm³/mol. The predicted octanol–water partition coefficient (Wildman–Crippen LogP) is 4.92. The van der Waals surface area contributed by atoms with Crippen LogP contribution in [0.4, 0.5) is 4.39 Å². The monoisotopic (exact) mass is 324 g/mol. The first-order chi connectivity index (χ1) is 11.5. The summed E-state index contributed by atoms with van der Waals surface area (Å²) in [5.41, 5.74) is 3.43. The molecular formula is C20H17FO3. The number of carbonyl (C=O) groups is 1. The third-order valence-electron chi connectivity index (χ3n) is 5.22. The average Bonchev–Trinajstić information content (AvgIpc) is 3.16. The van der Waals surface area contributed by atoms with Crippen molar-refractivity contribution in [2.24, 2.45) is 0 Å². The van der Waals surface area contributed by atoms with Crippen LogP contribution >= 0.6 is 0 Å². The van der Waals surface area contributed by atoms with Gasteiger partial charge in [-0.25, -0.2) is 9.18 Å². The molecule has 1 fully saturated rings. The first-order valence-corrected chi connectivity index (χ1v) is 8.10. The lowest BCUT2D eigenvalue weighted by Gasteiger charge is -2.15. The number of phenolic OH excluding ortho intramolecular Hbond substituents is 1. The van der Waals surface area contributed by atoms with Gasteiger partial charge < -0.3 is 10.2 Å². The fourth-order valence-electron chi connectivity index (χ4n) is 4.05. The van der Waals surface area contributed by atoms with Crippen LogP contribution in [0.15, 0.2) is 36.4 Å². The topological polar surface area (TPSA) is 57.5 Å². The number of aromatic hydroxyl groups is 1. The van der Waals surface area contributed by atoms with Crippen LogP contribution in [-0.2, 0) is 0 Å². The average molecular weight is 324 g/mol. The third-order valence-corrected chi connectivity index (χ3v) is 5.22. The van der Waals surface area contributed by atoms with Gasteiger partial charge in [-0.05, 0) is 72.1 Å². The second-order valence-corrected chi connectivity index (χ2v) is 6.62. The summed E-state index contributed by atoms with van der Waals surface area (Å²) in [6.07, 6.45) is 5.07. The van der Waals surface area contributed by atoms with Gasteiger partial charge in [0.1, 0.15) is 11.6 Å². The summed E-state index contributed by atoms with van der Waals surface area (Å²) in [5.74, 6) is -0.837. The van der Waals surface area contributed by atoms with Gasteiger partial charge in [0, 0.05) is 0 Å². The molecule has 2 aromatic carbocycles. The minimum atomic E-state index is -1.16. The van der Waals surface area contributed by atoms with Crippen LogP contribution < -0.4 is 0 Å². The lowest BCUT2D eigenvalue weighted by atomic mass is 9.90. The SMILES string of the molecule is O=C(O)c1ccc(/C(F)=C\c2ccc3c(c2)C2CCC3C2)c(O)c1. The van der Waals surface area contributed by atoms with E-state index >= 15 is 0 Å². The molecule has 4 rings (SSSR count). The summed E-state index contributed by atoms with van der Waals surface area (Å²) in [4.78, 5) is 10.9. The van der Waals surface area contributed by atoms with Crippen molar-refractivity contribution >= 4 is 17.9 Å². The summed E-state index contributed by atoms with van der Waals surface area (Å²) >= 11 is 0. The maximum absolute atomic E-state index is 14.5. The Morgan fingerprint density at radius 2 is 1.83 bits per heavy atom. The lowest BCUT2D eigenvalue weighted by Crippen LogP contribution is -1.98. The van der Waals surface area contributed by atoms with E-state index in [1.54, 1.807) is 0 Å². The van der Waals surface area contributed by atoms with Crippen LogP contribution in [0.1, 0.15) is 63.7 Å². The van der Waals surface area contributed by atoms with Crippen molar-refractivity contribution in [3.8, 4) is 5.75 Å². The van der Waals surface area contributed by atoms with Gasteiger partial charge in [0.2, 0.25) is 0 Å². The highest BCUT2D eigenvalue weighted by atomic mass is 19.1. The van der Waals surface area contributed by atoms with Crippen molar-refractivity contribution in [3.05, 3.63) is 64.2 Å². The molecule has 2 unspecified atom stereocenters. The van der Waals surface area contributed by atoms with E-state index in [1.807, 2.05) is 12.1 Å². The molecule has 2 bridgehead atoms. The highest BCUT2D eigenvalue weighted by molar-refractivity contribution is 5.89. The molecule has 0 heterocycles. The molecule has 0 spiro atoms. The Morgan fingerprint density at radius 1 is 1.08 bits per heavy atom. The van der Waals surface area contributed by atoms with Crippen molar-refractivity contribution in [1.82, 2.24) is 0 Å². The minimum Gasteiger partial charge on any atom is -0.507 e. The Bertz CT molecular complexity index is 869. The molecule has 2 aromatic rings. The molecule has 3 nitrogen and oxygen atoms in total. The molecule has 122 valence electrons. The number of benzene rings is 2. The lowest BCUT2D eigenvalue weighted by molar-refractivity contribution is 0.0696. The molecule has 0 aliphatic heterocycles. The standard InChI is InChI=1S/C20H17FO3/c21-18(16-6-4-14(20(23)24)10-19(16)22)8-11-1-5-15-12-2-3-13(9-12)17(15)7-11/h1,4-8,10,12-13,22H,2-3,9H2,(H,23,24)/b18-8+. The Morgan fingerprint density at radius 3 is 2.54 bits per heavy atom. The first-order valence-electron chi connectivity index (χ1n) is 8.10. The molecule has 0 aromatic heterocycles. The van der Waals surface area contributed by atoms with Crippen LogP contribution in [0.25, 0.3) is 11.9 Å². The quantitative estimate of drug-likeness (QED) is 0.788. The molecule has 0 radical (unpaired) electrons. The van der Waals surface area contributed by atoms with Gasteiger partial charge in [-0.2, -0.15) is 0 Å². The van der Waals surface area contributed by atoms with Gasteiger partial charge in [0.05, 0.1) is 11.1 Å². The zero-order valence-corrected chi connectivity index (χ0v) is 13.0. The van der Waals surface area contributed by atoms with Crippen molar-refractivity contribution in [2.75, 3.05) is 0 Å². The number of phenols is 1. The van der Waals surface area contributed by atoms with E-state index in [0.717, 1.165) is 11.6 Å². The molecule has 2 aliphatic rings. The molecule has 0 saturated heterocycles. The van der Waals surface area contributed by atoms with Crippen LogP contribution in [0.2, 0.25) is 0 Å². The zero-order valence-electron chi connectivity index (χ0n) is 13.0. The largest absolute Gasteiger partial charge is 0.507 e. The molecule has 4 heteroatoms. The number of aromatic carboxylic acids is 1. The third kappa shape index (κ3) is 2.39. The summed E-state index contributed by atoms with van der Waals surface area (Å²) < 4.78 is 14.5. The number of hydrogen-bond donors (Lipinski definition) is 2. The van der Waals surface area contributed by atoms with E-state index in [9.17, 15) is 14.3 Å². The molecule has 0 amide bonds. The van der Waals surface area contributed by atoms with E-state index in [0.29, 0.717) is 11.8 Å². The Labute approximate surface area is 139 Å². The normalized spacial score (nSPS) is 21.8. The second kappa shape index (κ2) is 5.48. The molecule has 2 N–H and O–H groups in total. The Kier molecular flexibility index (Phi) is 3.41.